The van der Waals surface area contributed by atoms with Crippen LogP contribution in [0.5, 0.6) is 0 Å². The second-order valence-corrected chi connectivity index (χ2v) is 4.59. The van der Waals surface area contributed by atoms with Gasteiger partial charge in [-0.1, -0.05) is 30.3 Å². The number of fused-ring (bicyclic) bond motifs is 1. The molecule has 1 aromatic carbocycles. The molecule has 0 spiro atoms. The summed E-state index contributed by atoms with van der Waals surface area (Å²) in [5.41, 5.74) is 3.54. The molecule has 0 saturated carbocycles. The minimum atomic E-state index is -0.00172. The number of aliphatic hydroxyl groups excluding tert-OH is 1. The van der Waals surface area contributed by atoms with Gasteiger partial charge in [-0.15, -0.1) is 0 Å². The fourth-order valence-electron chi connectivity index (χ4n) is 2.42. The van der Waals surface area contributed by atoms with Crippen LogP contribution in [0.4, 0.5) is 5.82 Å². The van der Waals surface area contributed by atoms with Gasteiger partial charge in [0.05, 0.1) is 12.3 Å². The van der Waals surface area contributed by atoms with E-state index in [9.17, 15) is 0 Å². The number of benzene rings is 1. The number of nitrogens with zero attached hydrogens (tertiary/aromatic N) is 2. The molecule has 0 aliphatic carbocycles. The Labute approximate surface area is 107 Å². The highest BCUT2D eigenvalue weighted by molar-refractivity contribution is 5.44. The largest absolute Gasteiger partial charge is 0.390 e. The van der Waals surface area contributed by atoms with E-state index in [4.69, 9.17) is 5.11 Å². The quantitative estimate of drug-likeness (QED) is 0.873. The van der Waals surface area contributed by atoms with E-state index >= 15 is 0 Å². The Morgan fingerprint density at radius 1 is 1.06 bits per heavy atom. The van der Waals surface area contributed by atoms with Crippen molar-refractivity contribution >= 4 is 5.82 Å². The molecule has 1 aliphatic heterocycles. The first-order valence-electron chi connectivity index (χ1n) is 6.25. The molecule has 0 fully saturated rings. The molecule has 0 atom stereocenters. The third-order valence-corrected chi connectivity index (χ3v) is 3.41. The minimum Gasteiger partial charge on any atom is -0.390 e. The van der Waals surface area contributed by atoms with E-state index in [1.54, 1.807) is 0 Å². The Morgan fingerprint density at radius 2 is 1.89 bits per heavy atom. The van der Waals surface area contributed by atoms with Gasteiger partial charge in [0.2, 0.25) is 0 Å². The predicted octanol–water partition coefficient (Wildman–Crippen LogP) is 2.14. The molecule has 2 heterocycles. The maximum absolute atomic E-state index is 9.14. The molecule has 1 N–H and O–H groups in total. The Bertz CT molecular complexity index is 554. The van der Waals surface area contributed by atoms with Crippen LogP contribution in [-0.2, 0) is 19.6 Å². The molecule has 1 aromatic heterocycles. The van der Waals surface area contributed by atoms with E-state index in [-0.39, 0.29) is 6.61 Å². The number of hydrogen-bond donors (Lipinski definition) is 1. The first-order valence-corrected chi connectivity index (χ1v) is 6.25. The number of aromatic nitrogens is 1. The third kappa shape index (κ3) is 2.09. The number of rotatable bonds is 2. The summed E-state index contributed by atoms with van der Waals surface area (Å²) in [6, 6.07) is 14.4. The highest BCUT2D eigenvalue weighted by Crippen LogP contribution is 2.22. The normalized spacial score (nSPS) is 14.4. The molecule has 0 bridgehead atoms. The Hall–Kier alpha value is -1.87. The van der Waals surface area contributed by atoms with E-state index in [1.165, 1.54) is 11.1 Å². The highest BCUT2D eigenvalue weighted by atomic mass is 16.3. The zero-order valence-electron chi connectivity index (χ0n) is 10.2. The van der Waals surface area contributed by atoms with Crippen LogP contribution in [0.1, 0.15) is 16.8 Å². The standard InChI is InChI=1S/C15H16N2O/c18-11-14-6-3-7-15(16-14)17-9-8-12-4-1-2-5-13(12)10-17/h1-7,18H,8-11H2. The summed E-state index contributed by atoms with van der Waals surface area (Å²) in [5.74, 6) is 0.955. The van der Waals surface area contributed by atoms with Crippen LogP contribution in [0.3, 0.4) is 0 Å². The van der Waals surface area contributed by atoms with Crippen LogP contribution in [-0.4, -0.2) is 16.6 Å². The lowest BCUT2D eigenvalue weighted by Gasteiger charge is -2.29. The zero-order valence-corrected chi connectivity index (χ0v) is 10.2. The van der Waals surface area contributed by atoms with Crippen molar-refractivity contribution in [3.8, 4) is 0 Å². The van der Waals surface area contributed by atoms with Crippen molar-refractivity contribution in [1.29, 1.82) is 0 Å². The van der Waals surface area contributed by atoms with Gasteiger partial charge in [0.25, 0.3) is 0 Å². The monoisotopic (exact) mass is 240 g/mol. The molecule has 0 unspecified atom stereocenters. The minimum absolute atomic E-state index is 0.00172. The molecular formula is C15H16N2O. The number of hydrogen-bond acceptors (Lipinski definition) is 3. The summed E-state index contributed by atoms with van der Waals surface area (Å²) in [6.07, 6.45) is 1.06. The number of pyridine rings is 1. The van der Waals surface area contributed by atoms with E-state index in [2.05, 4.69) is 34.1 Å². The van der Waals surface area contributed by atoms with E-state index in [0.29, 0.717) is 0 Å². The smallest absolute Gasteiger partial charge is 0.129 e. The molecular weight excluding hydrogens is 224 g/mol. The summed E-state index contributed by atoms with van der Waals surface area (Å²) in [4.78, 5) is 6.73. The second kappa shape index (κ2) is 4.78. The summed E-state index contributed by atoms with van der Waals surface area (Å²) < 4.78 is 0. The van der Waals surface area contributed by atoms with Crippen LogP contribution in [0.25, 0.3) is 0 Å². The number of anilines is 1. The molecule has 0 amide bonds. The molecule has 18 heavy (non-hydrogen) atoms. The molecule has 0 saturated heterocycles. The third-order valence-electron chi connectivity index (χ3n) is 3.41. The lowest BCUT2D eigenvalue weighted by atomic mass is 10.00. The van der Waals surface area contributed by atoms with Crippen LogP contribution < -0.4 is 4.90 Å². The molecule has 3 nitrogen and oxygen atoms in total. The molecule has 2 aromatic rings. The fraction of sp³-hybridized carbons (Fsp3) is 0.267. The molecule has 3 heteroatoms. The van der Waals surface area contributed by atoms with Gasteiger partial charge in [-0.3, -0.25) is 0 Å². The van der Waals surface area contributed by atoms with E-state index in [1.807, 2.05) is 18.2 Å². The van der Waals surface area contributed by atoms with Crippen molar-refractivity contribution in [3.05, 3.63) is 59.3 Å². The maximum atomic E-state index is 9.14. The van der Waals surface area contributed by atoms with Gasteiger partial charge < -0.3 is 10.0 Å². The van der Waals surface area contributed by atoms with Crippen LogP contribution in [0.15, 0.2) is 42.5 Å². The van der Waals surface area contributed by atoms with Crippen LogP contribution >= 0.6 is 0 Å². The Balaban J connectivity index is 1.87. The molecule has 0 radical (unpaired) electrons. The van der Waals surface area contributed by atoms with Crippen molar-refractivity contribution in [2.75, 3.05) is 11.4 Å². The van der Waals surface area contributed by atoms with Crippen molar-refractivity contribution < 1.29 is 5.11 Å². The van der Waals surface area contributed by atoms with Gasteiger partial charge in [-0.2, -0.15) is 0 Å². The van der Waals surface area contributed by atoms with Gasteiger partial charge in [-0.25, -0.2) is 4.98 Å². The lowest BCUT2D eigenvalue weighted by molar-refractivity contribution is 0.277. The van der Waals surface area contributed by atoms with Gasteiger partial charge in [0.15, 0.2) is 0 Å². The van der Waals surface area contributed by atoms with Crippen molar-refractivity contribution in [2.24, 2.45) is 0 Å². The predicted molar refractivity (Wildman–Crippen MR) is 71.4 cm³/mol. The molecule has 3 rings (SSSR count). The maximum Gasteiger partial charge on any atom is 0.129 e. The Morgan fingerprint density at radius 3 is 2.72 bits per heavy atom. The van der Waals surface area contributed by atoms with Gasteiger partial charge >= 0.3 is 0 Å². The van der Waals surface area contributed by atoms with Gasteiger partial charge in [-0.05, 0) is 29.7 Å². The van der Waals surface area contributed by atoms with E-state index in [0.717, 1.165) is 31.0 Å². The summed E-state index contributed by atoms with van der Waals surface area (Å²) in [6.45, 7) is 1.88. The topological polar surface area (TPSA) is 36.4 Å². The summed E-state index contributed by atoms with van der Waals surface area (Å²) in [5, 5.41) is 9.14. The van der Waals surface area contributed by atoms with Gasteiger partial charge in [0.1, 0.15) is 5.82 Å². The highest BCUT2D eigenvalue weighted by Gasteiger charge is 2.16. The first-order chi connectivity index (χ1) is 8.86. The van der Waals surface area contributed by atoms with Crippen LogP contribution in [0.2, 0.25) is 0 Å². The molecule has 92 valence electrons. The second-order valence-electron chi connectivity index (χ2n) is 4.59. The SMILES string of the molecule is OCc1cccc(N2CCc3ccccc3C2)n1. The zero-order chi connectivity index (χ0) is 12.4. The van der Waals surface area contributed by atoms with Crippen molar-refractivity contribution in [1.82, 2.24) is 4.98 Å². The van der Waals surface area contributed by atoms with Crippen molar-refractivity contribution in [3.63, 3.8) is 0 Å². The van der Waals surface area contributed by atoms with Crippen LogP contribution in [0, 0.1) is 0 Å². The average molecular weight is 240 g/mol. The summed E-state index contributed by atoms with van der Waals surface area (Å²) in [7, 11) is 0. The molecule has 1 aliphatic rings. The first kappa shape index (κ1) is 11.2. The van der Waals surface area contributed by atoms with Crippen molar-refractivity contribution in [2.45, 2.75) is 19.6 Å². The fourth-order valence-corrected chi connectivity index (χ4v) is 2.42. The lowest BCUT2D eigenvalue weighted by Crippen LogP contribution is -2.31. The number of aliphatic hydroxyl groups is 1. The summed E-state index contributed by atoms with van der Waals surface area (Å²) >= 11 is 0. The average Bonchev–Trinajstić information content (AvgIpc) is 2.47. The van der Waals surface area contributed by atoms with E-state index < -0.39 is 0 Å². The van der Waals surface area contributed by atoms with Gasteiger partial charge in [0, 0.05) is 13.1 Å². The Kier molecular flexibility index (Phi) is 2.99.